The van der Waals surface area contributed by atoms with Crippen LogP contribution in [0.3, 0.4) is 0 Å². The van der Waals surface area contributed by atoms with E-state index in [9.17, 15) is 18.0 Å². The minimum atomic E-state index is -3.52. The van der Waals surface area contributed by atoms with Crippen LogP contribution in [0, 0.1) is 11.7 Å². The van der Waals surface area contributed by atoms with Crippen LogP contribution in [0.5, 0.6) is 5.88 Å². The third-order valence-electron chi connectivity index (χ3n) is 4.89. The van der Waals surface area contributed by atoms with Gasteiger partial charge >= 0.3 is 0 Å². The highest BCUT2D eigenvalue weighted by atomic mass is 32.2. The van der Waals surface area contributed by atoms with Crippen LogP contribution >= 0.6 is 0 Å². The van der Waals surface area contributed by atoms with E-state index >= 15 is 0 Å². The van der Waals surface area contributed by atoms with E-state index in [0.29, 0.717) is 19.3 Å². The van der Waals surface area contributed by atoms with Crippen molar-refractivity contribution in [3.05, 3.63) is 40.8 Å². The number of halogens is 1. The summed E-state index contributed by atoms with van der Waals surface area (Å²) < 4.78 is 46.0. The van der Waals surface area contributed by atoms with Crippen LogP contribution in [0.1, 0.15) is 35.7 Å². The second-order valence-corrected chi connectivity index (χ2v) is 8.64. The normalized spacial score (nSPS) is 24.1. The molecule has 0 saturated heterocycles. The Morgan fingerprint density at radius 2 is 2.21 bits per heavy atom. The lowest BCUT2D eigenvalue weighted by Gasteiger charge is -2.33. The average molecular weight is 411 g/mol. The predicted octanol–water partition coefficient (Wildman–Crippen LogP) is 0.677. The third-order valence-corrected chi connectivity index (χ3v) is 5.83. The molecule has 0 aliphatic heterocycles. The minimum Gasteiger partial charge on any atom is -0.470 e. The van der Waals surface area contributed by atoms with E-state index in [0.717, 1.165) is 11.1 Å². The van der Waals surface area contributed by atoms with Crippen LogP contribution in [0.25, 0.3) is 0 Å². The Morgan fingerprint density at radius 1 is 1.43 bits per heavy atom. The molecule has 12 heteroatoms. The SMILES string of the molecule is NS(=O)(=O)CC1CC(Oc2nonc2C(=N[C@H]2Cc3ccc(F)cc32)NO)C1. The van der Waals surface area contributed by atoms with Crippen molar-refractivity contribution in [3.63, 3.8) is 0 Å². The molecule has 2 aliphatic carbocycles. The topological polar surface area (TPSA) is 153 Å². The van der Waals surface area contributed by atoms with Gasteiger partial charge in [0.1, 0.15) is 11.9 Å². The highest BCUT2D eigenvalue weighted by Crippen LogP contribution is 2.37. The van der Waals surface area contributed by atoms with Crippen molar-refractivity contribution in [1.82, 2.24) is 15.8 Å². The number of sulfonamides is 1. The lowest BCUT2D eigenvalue weighted by atomic mass is 9.83. The number of hydroxylamine groups is 1. The zero-order valence-electron chi connectivity index (χ0n) is 14.6. The Kier molecular flexibility index (Phi) is 4.77. The van der Waals surface area contributed by atoms with Crippen LogP contribution in [-0.4, -0.2) is 41.6 Å². The molecule has 0 amide bonds. The van der Waals surface area contributed by atoms with Gasteiger partial charge in [0.15, 0.2) is 5.84 Å². The number of rotatable bonds is 6. The number of amidine groups is 1. The first kappa shape index (κ1) is 18.8. The lowest BCUT2D eigenvalue weighted by molar-refractivity contribution is 0.0666. The zero-order chi connectivity index (χ0) is 19.9. The molecule has 2 aliphatic rings. The van der Waals surface area contributed by atoms with Crippen LogP contribution < -0.4 is 15.4 Å². The summed E-state index contributed by atoms with van der Waals surface area (Å²) in [6, 6.07) is 4.15. The number of hydrogen-bond acceptors (Lipinski definition) is 8. The molecule has 0 bridgehead atoms. The molecule has 1 heterocycles. The highest BCUT2D eigenvalue weighted by molar-refractivity contribution is 7.89. The van der Waals surface area contributed by atoms with Gasteiger partial charge in [-0.25, -0.2) is 22.6 Å². The molecule has 10 nitrogen and oxygen atoms in total. The number of nitrogens with two attached hydrogens (primary N) is 1. The Morgan fingerprint density at radius 3 is 2.93 bits per heavy atom. The molecule has 2 aromatic rings. The Labute approximate surface area is 159 Å². The van der Waals surface area contributed by atoms with Crippen molar-refractivity contribution in [2.75, 3.05) is 5.75 Å². The first-order valence-corrected chi connectivity index (χ1v) is 10.3. The number of aromatic nitrogens is 2. The molecule has 150 valence electrons. The van der Waals surface area contributed by atoms with E-state index < -0.39 is 10.0 Å². The highest BCUT2D eigenvalue weighted by Gasteiger charge is 2.35. The van der Waals surface area contributed by atoms with Gasteiger partial charge in [0.2, 0.25) is 15.7 Å². The van der Waals surface area contributed by atoms with Gasteiger partial charge in [-0.2, -0.15) is 0 Å². The Bertz CT molecular complexity index is 1020. The number of benzene rings is 1. The van der Waals surface area contributed by atoms with Crippen molar-refractivity contribution < 1.29 is 27.4 Å². The zero-order valence-corrected chi connectivity index (χ0v) is 15.4. The molecule has 1 fully saturated rings. The molecule has 0 unspecified atom stereocenters. The number of nitrogens with one attached hydrogen (secondary N) is 1. The standard InChI is InChI=1S/C16H18FN5O5S/c17-10-2-1-9-5-13(12(9)6-10)19-15(20-23)14-16(22-27-21-14)26-11-3-8(4-11)7-28(18,24)25/h1-2,6,8,11,13,23H,3-5,7H2,(H,19,20)(H2,18,24,25)/t8?,11?,13-/m0/s1. The number of ether oxygens (including phenoxy) is 1. The molecule has 0 radical (unpaired) electrons. The van der Waals surface area contributed by atoms with Gasteiger partial charge in [0, 0.05) is 0 Å². The summed E-state index contributed by atoms with van der Waals surface area (Å²) in [4.78, 5) is 4.35. The van der Waals surface area contributed by atoms with Gasteiger partial charge < -0.3 is 4.74 Å². The monoisotopic (exact) mass is 411 g/mol. The first-order chi connectivity index (χ1) is 13.3. The van der Waals surface area contributed by atoms with Gasteiger partial charge in [0.05, 0.1) is 11.8 Å². The fraction of sp³-hybridized carbons (Fsp3) is 0.438. The summed E-state index contributed by atoms with van der Waals surface area (Å²) in [7, 11) is -3.52. The predicted molar refractivity (Wildman–Crippen MR) is 93.7 cm³/mol. The van der Waals surface area contributed by atoms with Gasteiger partial charge in [-0.05, 0) is 58.8 Å². The molecule has 1 aromatic heterocycles. The van der Waals surface area contributed by atoms with Crippen molar-refractivity contribution in [2.24, 2.45) is 16.0 Å². The number of aliphatic imine (C=N–C) groups is 1. The molecule has 4 rings (SSSR count). The van der Waals surface area contributed by atoms with Gasteiger partial charge in [-0.1, -0.05) is 6.07 Å². The maximum Gasteiger partial charge on any atom is 0.287 e. The second kappa shape index (κ2) is 7.11. The summed E-state index contributed by atoms with van der Waals surface area (Å²) in [6.45, 7) is 0. The van der Waals surface area contributed by atoms with Crippen molar-refractivity contribution in [2.45, 2.75) is 31.4 Å². The van der Waals surface area contributed by atoms with Gasteiger partial charge in [-0.15, -0.1) is 0 Å². The van der Waals surface area contributed by atoms with Gasteiger partial charge in [0.25, 0.3) is 5.88 Å². The largest absolute Gasteiger partial charge is 0.470 e. The Balaban J connectivity index is 1.44. The molecule has 1 saturated carbocycles. The minimum absolute atomic E-state index is 0.0171. The fourth-order valence-corrected chi connectivity index (χ4v) is 4.39. The first-order valence-electron chi connectivity index (χ1n) is 8.58. The summed E-state index contributed by atoms with van der Waals surface area (Å²) in [5, 5.41) is 21.9. The molecular weight excluding hydrogens is 393 g/mol. The molecular formula is C16H18FN5O5S. The molecule has 4 N–H and O–H groups in total. The molecule has 0 spiro atoms. The molecule has 28 heavy (non-hydrogen) atoms. The number of hydrogen-bond donors (Lipinski definition) is 3. The smallest absolute Gasteiger partial charge is 0.287 e. The number of primary sulfonamides is 1. The van der Waals surface area contributed by atoms with E-state index in [1.54, 1.807) is 6.07 Å². The summed E-state index contributed by atoms with van der Waals surface area (Å²) in [5.74, 6) is -0.522. The van der Waals surface area contributed by atoms with Crippen molar-refractivity contribution >= 4 is 15.9 Å². The van der Waals surface area contributed by atoms with Crippen molar-refractivity contribution in [1.29, 1.82) is 0 Å². The summed E-state index contributed by atoms with van der Waals surface area (Å²) >= 11 is 0. The van der Waals surface area contributed by atoms with E-state index in [2.05, 4.69) is 15.3 Å². The van der Waals surface area contributed by atoms with Crippen LogP contribution in [0.2, 0.25) is 0 Å². The number of fused-ring (bicyclic) bond motifs is 1. The van der Waals surface area contributed by atoms with Gasteiger partial charge in [-0.3, -0.25) is 15.7 Å². The summed E-state index contributed by atoms with van der Waals surface area (Å²) in [5.41, 5.74) is 3.74. The quantitative estimate of drug-likeness (QED) is 0.356. The second-order valence-electron chi connectivity index (χ2n) is 6.98. The fourth-order valence-electron chi connectivity index (χ4n) is 3.46. The van der Waals surface area contributed by atoms with E-state index in [-0.39, 0.29) is 47.0 Å². The van der Waals surface area contributed by atoms with Crippen molar-refractivity contribution in [3.8, 4) is 5.88 Å². The van der Waals surface area contributed by atoms with E-state index in [1.165, 1.54) is 12.1 Å². The lowest BCUT2D eigenvalue weighted by Crippen LogP contribution is -2.39. The van der Waals surface area contributed by atoms with Crippen LogP contribution in [0.15, 0.2) is 27.8 Å². The maximum atomic E-state index is 13.4. The van der Waals surface area contributed by atoms with Crippen LogP contribution in [-0.2, 0) is 16.4 Å². The van der Waals surface area contributed by atoms with Crippen LogP contribution in [0.4, 0.5) is 4.39 Å². The molecule has 1 aromatic carbocycles. The number of nitrogens with zero attached hydrogens (tertiary/aromatic N) is 3. The van der Waals surface area contributed by atoms with E-state index in [1.807, 2.05) is 5.48 Å². The molecule has 1 atom stereocenters. The average Bonchev–Trinajstić information content (AvgIpc) is 3.03. The third kappa shape index (κ3) is 3.84. The maximum absolute atomic E-state index is 13.4. The summed E-state index contributed by atoms with van der Waals surface area (Å²) in [6.07, 6.45) is 1.32. The van der Waals surface area contributed by atoms with E-state index in [4.69, 9.17) is 14.5 Å². The Hall–Kier alpha value is -2.57.